The number of rotatable bonds is 10. The molecule has 4 atom stereocenters. The topological polar surface area (TPSA) is 137 Å². The lowest BCUT2D eigenvalue weighted by molar-refractivity contribution is -0.141. The molecule has 0 spiro atoms. The summed E-state index contributed by atoms with van der Waals surface area (Å²) in [4.78, 5) is 47.4. The molecule has 4 unspecified atom stereocenters. The van der Waals surface area contributed by atoms with Gasteiger partial charge in [0.05, 0.1) is 12.6 Å². The summed E-state index contributed by atoms with van der Waals surface area (Å²) in [6.07, 6.45) is 2.31. The smallest absolute Gasteiger partial charge is 0.327 e. The van der Waals surface area contributed by atoms with E-state index in [1.54, 1.807) is 0 Å². The molecular formula is C16H28N4O5S. The van der Waals surface area contributed by atoms with Crippen molar-refractivity contribution in [3.05, 3.63) is 0 Å². The fraction of sp³-hybridized carbons (Fsp3) is 0.750. The molecule has 0 radical (unpaired) electrons. The van der Waals surface area contributed by atoms with Crippen LogP contribution < -0.4 is 21.3 Å². The molecule has 5 N–H and O–H groups in total. The van der Waals surface area contributed by atoms with E-state index in [0.717, 1.165) is 19.4 Å². The first-order valence-electron chi connectivity index (χ1n) is 8.74. The summed E-state index contributed by atoms with van der Waals surface area (Å²) >= 11 is 3.85. The molecule has 0 aromatic rings. The van der Waals surface area contributed by atoms with E-state index in [2.05, 4.69) is 33.9 Å². The molecule has 1 saturated heterocycles. The lowest BCUT2D eigenvalue weighted by Gasteiger charge is -2.25. The van der Waals surface area contributed by atoms with Gasteiger partial charge in [-0.1, -0.05) is 20.3 Å². The van der Waals surface area contributed by atoms with E-state index in [0.29, 0.717) is 6.42 Å². The fourth-order valence-electron chi connectivity index (χ4n) is 2.57. The molecule has 1 rings (SSSR count). The Balaban J connectivity index is 2.58. The Kier molecular flexibility index (Phi) is 9.42. The number of carbonyl (C=O) groups excluding carboxylic acids is 3. The van der Waals surface area contributed by atoms with Crippen molar-refractivity contribution in [1.82, 2.24) is 21.3 Å². The summed E-state index contributed by atoms with van der Waals surface area (Å²) in [5.74, 6) is -2.71. The Hall–Kier alpha value is -1.81. The van der Waals surface area contributed by atoms with Crippen LogP contribution in [0.3, 0.4) is 0 Å². The second-order valence-corrected chi connectivity index (χ2v) is 6.74. The van der Waals surface area contributed by atoms with Crippen molar-refractivity contribution in [2.75, 3.05) is 18.8 Å². The van der Waals surface area contributed by atoms with Gasteiger partial charge in [-0.15, -0.1) is 0 Å². The van der Waals surface area contributed by atoms with E-state index in [4.69, 9.17) is 5.11 Å². The highest BCUT2D eigenvalue weighted by Gasteiger charge is 2.30. The van der Waals surface area contributed by atoms with Crippen LogP contribution in [-0.2, 0) is 19.2 Å². The maximum atomic E-state index is 12.4. The zero-order chi connectivity index (χ0) is 19.7. The van der Waals surface area contributed by atoms with Crippen LogP contribution in [0.1, 0.15) is 33.1 Å². The number of carboxylic acid groups (broad SMARTS) is 1. The molecule has 1 fully saturated rings. The van der Waals surface area contributed by atoms with Crippen molar-refractivity contribution in [3.8, 4) is 0 Å². The van der Waals surface area contributed by atoms with Gasteiger partial charge in [-0.25, -0.2) is 4.79 Å². The molecule has 148 valence electrons. The summed E-state index contributed by atoms with van der Waals surface area (Å²) in [6.45, 7) is 4.14. The van der Waals surface area contributed by atoms with Gasteiger partial charge in [-0.05, 0) is 25.3 Å². The van der Waals surface area contributed by atoms with Crippen LogP contribution in [0.15, 0.2) is 0 Å². The van der Waals surface area contributed by atoms with E-state index in [1.165, 1.54) is 0 Å². The van der Waals surface area contributed by atoms with E-state index >= 15 is 0 Å². The molecule has 10 heteroatoms. The van der Waals surface area contributed by atoms with Gasteiger partial charge in [-0.2, -0.15) is 12.6 Å². The second-order valence-electron chi connectivity index (χ2n) is 6.38. The average molecular weight is 388 g/mol. The Morgan fingerprint density at radius 3 is 2.46 bits per heavy atom. The lowest BCUT2D eigenvalue weighted by Crippen LogP contribution is -2.55. The monoisotopic (exact) mass is 388 g/mol. The molecule has 1 heterocycles. The van der Waals surface area contributed by atoms with Crippen LogP contribution in [0.2, 0.25) is 0 Å². The third-order valence-electron chi connectivity index (χ3n) is 4.41. The first-order valence-corrected chi connectivity index (χ1v) is 9.37. The number of hydrogen-bond donors (Lipinski definition) is 6. The van der Waals surface area contributed by atoms with Crippen molar-refractivity contribution in [1.29, 1.82) is 0 Å². The van der Waals surface area contributed by atoms with Gasteiger partial charge < -0.3 is 26.4 Å². The molecule has 0 bridgehead atoms. The van der Waals surface area contributed by atoms with E-state index in [-0.39, 0.29) is 30.2 Å². The van der Waals surface area contributed by atoms with Crippen LogP contribution in [0.5, 0.6) is 0 Å². The highest BCUT2D eigenvalue weighted by atomic mass is 32.1. The molecule has 3 amide bonds. The largest absolute Gasteiger partial charge is 0.480 e. The summed E-state index contributed by atoms with van der Waals surface area (Å²) in [6, 6.07) is -2.19. The molecule has 9 nitrogen and oxygen atoms in total. The van der Waals surface area contributed by atoms with Crippen LogP contribution in [0.25, 0.3) is 0 Å². The minimum Gasteiger partial charge on any atom is -0.480 e. The highest BCUT2D eigenvalue weighted by Crippen LogP contribution is 2.10. The number of aliphatic carboxylic acids is 1. The van der Waals surface area contributed by atoms with E-state index in [9.17, 15) is 19.2 Å². The van der Waals surface area contributed by atoms with Crippen molar-refractivity contribution in [2.24, 2.45) is 5.92 Å². The Morgan fingerprint density at radius 1 is 1.27 bits per heavy atom. The van der Waals surface area contributed by atoms with Crippen molar-refractivity contribution in [3.63, 3.8) is 0 Å². The Labute approximate surface area is 158 Å². The highest BCUT2D eigenvalue weighted by molar-refractivity contribution is 7.80. The molecule has 0 aliphatic carbocycles. The molecule has 1 aliphatic rings. The minimum absolute atomic E-state index is 0.0606. The first-order chi connectivity index (χ1) is 12.3. The number of carbonyl (C=O) groups is 4. The van der Waals surface area contributed by atoms with Gasteiger partial charge in [0.1, 0.15) is 12.1 Å². The predicted octanol–water partition coefficient (Wildman–Crippen LogP) is -1.12. The second kappa shape index (κ2) is 11.0. The molecular weight excluding hydrogens is 360 g/mol. The molecule has 0 aromatic carbocycles. The Morgan fingerprint density at radius 2 is 1.96 bits per heavy atom. The van der Waals surface area contributed by atoms with Gasteiger partial charge in [0.2, 0.25) is 17.7 Å². The zero-order valence-corrected chi connectivity index (χ0v) is 16.0. The zero-order valence-electron chi connectivity index (χ0n) is 15.1. The van der Waals surface area contributed by atoms with Crippen LogP contribution in [0, 0.1) is 5.92 Å². The summed E-state index contributed by atoms with van der Waals surface area (Å²) in [5.41, 5.74) is 0. The number of carboxylic acids is 1. The number of nitrogens with one attached hydrogen (secondary N) is 4. The fourth-order valence-corrected chi connectivity index (χ4v) is 2.82. The lowest BCUT2D eigenvalue weighted by atomic mass is 9.97. The van der Waals surface area contributed by atoms with Gasteiger partial charge in [0, 0.05) is 5.75 Å². The maximum absolute atomic E-state index is 12.4. The third kappa shape index (κ3) is 6.83. The molecule has 26 heavy (non-hydrogen) atoms. The SMILES string of the molecule is CCC(C)C(NC(=O)C1CCCN1)C(=O)NCC(=O)NC(CS)C(=O)O. The quantitative estimate of drug-likeness (QED) is 0.263. The van der Waals surface area contributed by atoms with Gasteiger partial charge in [0.25, 0.3) is 0 Å². The van der Waals surface area contributed by atoms with Gasteiger partial charge in [-0.3, -0.25) is 14.4 Å². The van der Waals surface area contributed by atoms with Crippen LogP contribution in [-0.4, -0.2) is 65.8 Å². The van der Waals surface area contributed by atoms with Crippen LogP contribution in [0.4, 0.5) is 0 Å². The van der Waals surface area contributed by atoms with Crippen molar-refractivity contribution in [2.45, 2.75) is 51.2 Å². The molecule has 0 aromatic heterocycles. The van der Waals surface area contributed by atoms with Crippen LogP contribution >= 0.6 is 12.6 Å². The molecule has 0 saturated carbocycles. The van der Waals surface area contributed by atoms with Gasteiger partial charge >= 0.3 is 5.97 Å². The first kappa shape index (κ1) is 22.2. The maximum Gasteiger partial charge on any atom is 0.327 e. The summed E-state index contributed by atoms with van der Waals surface area (Å²) < 4.78 is 0. The number of hydrogen-bond acceptors (Lipinski definition) is 6. The summed E-state index contributed by atoms with van der Waals surface area (Å²) in [5, 5.41) is 19.4. The van der Waals surface area contributed by atoms with E-state index in [1.807, 2.05) is 13.8 Å². The number of amides is 3. The molecule has 1 aliphatic heterocycles. The average Bonchev–Trinajstić information content (AvgIpc) is 3.15. The number of thiol groups is 1. The predicted molar refractivity (Wildman–Crippen MR) is 98.8 cm³/mol. The summed E-state index contributed by atoms with van der Waals surface area (Å²) in [7, 11) is 0. The third-order valence-corrected chi connectivity index (χ3v) is 4.77. The van der Waals surface area contributed by atoms with Gasteiger partial charge in [0.15, 0.2) is 0 Å². The standard InChI is InChI=1S/C16H28N4O5S/c1-3-9(2)13(20-14(22)10-5-4-6-17-10)15(23)18-7-12(21)19-11(8-26)16(24)25/h9-11,13,17,26H,3-8H2,1-2H3,(H,18,23)(H,19,21)(H,20,22)(H,24,25). The van der Waals surface area contributed by atoms with Crippen molar-refractivity contribution < 1.29 is 24.3 Å². The Bertz CT molecular complexity index is 525. The normalized spacial score (nSPS) is 19.9. The van der Waals surface area contributed by atoms with E-state index < -0.39 is 29.9 Å². The van der Waals surface area contributed by atoms with Crippen molar-refractivity contribution >= 4 is 36.3 Å². The minimum atomic E-state index is -1.20.